The summed E-state index contributed by atoms with van der Waals surface area (Å²) in [6, 6.07) is 5.16. The maximum Gasteiger partial charge on any atom is 0.253 e. The van der Waals surface area contributed by atoms with Crippen molar-refractivity contribution in [2.24, 2.45) is 5.92 Å². The van der Waals surface area contributed by atoms with Crippen molar-refractivity contribution in [1.29, 1.82) is 0 Å². The van der Waals surface area contributed by atoms with Crippen LogP contribution in [0.15, 0.2) is 18.2 Å². The average molecular weight is 327 g/mol. The van der Waals surface area contributed by atoms with E-state index in [0.29, 0.717) is 17.2 Å². The van der Waals surface area contributed by atoms with Crippen molar-refractivity contribution in [2.45, 2.75) is 38.6 Å². The van der Waals surface area contributed by atoms with E-state index in [1.807, 2.05) is 4.90 Å². The molecule has 22 heavy (non-hydrogen) atoms. The lowest BCUT2D eigenvalue weighted by molar-refractivity contribution is 0.0705. The van der Waals surface area contributed by atoms with Crippen LogP contribution in [0.2, 0.25) is 0 Å². The Labute approximate surface area is 137 Å². The largest absolute Gasteiger partial charge is 0.339 e. The van der Waals surface area contributed by atoms with Crippen molar-refractivity contribution in [3.63, 3.8) is 0 Å². The summed E-state index contributed by atoms with van der Waals surface area (Å²) >= 11 is 0. The molecule has 1 aliphatic carbocycles. The molecular formula is C17H24ClFN2O. The molecule has 3 nitrogen and oxygen atoms in total. The van der Waals surface area contributed by atoms with Crippen molar-refractivity contribution in [1.82, 2.24) is 10.2 Å². The summed E-state index contributed by atoms with van der Waals surface area (Å²) in [5.74, 6) is 0.667. The van der Waals surface area contributed by atoms with E-state index in [9.17, 15) is 9.18 Å². The molecule has 1 saturated carbocycles. The number of benzene rings is 1. The second kappa shape index (κ2) is 7.42. The van der Waals surface area contributed by atoms with Crippen LogP contribution in [0.3, 0.4) is 0 Å². The summed E-state index contributed by atoms with van der Waals surface area (Å²) in [6.45, 7) is 4.41. The molecule has 3 rings (SSSR count). The highest BCUT2D eigenvalue weighted by Gasteiger charge is 2.26. The van der Waals surface area contributed by atoms with Crippen LogP contribution < -0.4 is 5.32 Å². The quantitative estimate of drug-likeness (QED) is 0.921. The minimum atomic E-state index is -0.255. The fourth-order valence-corrected chi connectivity index (χ4v) is 2.90. The number of rotatable bonds is 4. The van der Waals surface area contributed by atoms with Gasteiger partial charge in [-0.25, -0.2) is 4.39 Å². The van der Waals surface area contributed by atoms with E-state index < -0.39 is 0 Å². The number of piperidine rings is 1. The molecule has 0 atom stereocenters. The standard InChI is InChI=1S/C17H23FN2O.ClH/c1-12-10-14(4-5-16(12)18)17(21)20-8-6-15(7-9-20)19-11-13-2-3-13;/h4-5,10,13,15,19H,2-3,6-9,11H2,1H3;1H. The molecule has 0 spiro atoms. The lowest BCUT2D eigenvalue weighted by Gasteiger charge is -2.32. The zero-order chi connectivity index (χ0) is 14.8. The van der Waals surface area contributed by atoms with Crippen LogP contribution in [0.5, 0.6) is 0 Å². The van der Waals surface area contributed by atoms with Crippen LogP contribution >= 0.6 is 12.4 Å². The van der Waals surface area contributed by atoms with Crippen LogP contribution in [0.1, 0.15) is 41.6 Å². The van der Waals surface area contributed by atoms with Gasteiger partial charge in [-0.3, -0.25) is 4.79 Å². The van der Waals surface area contributed by atoms with Crippen molar-refractivity contribution in [2.75, 3.05) is 19.6 Å². The van der Waals surface area contributed by atoms with Crippen molar-refractivity contribution < 1.29 is 9.18 Å². The lowest BCUT2D eigenvalue weighted by Crippen LogP contribution is -2.45. The van der Waals surface area contributed by atoms with Crippen LogP contribution in [0.25, 0.3) is 0 Å². The van der Waals surface area contributed by atoms with E-state index in [-0.39, 0.29) is 24.1 Å². The van der Waals surface area contributed by atoms with E-state index in [2.05, 4.69) is 5.32 Å². The second-order valence-corrected chi connectivity index (χ2v) is 6.38. The maximum atomic E-state index is 13.3. The minimum absolute atomic E-state index is 0. The van der Waals surface area contributed by atoms with Gasteiger partial charge in [-0.15, -0.1) is 12.4 Å². The van der Waals surface area contributed by atoms with Gasteiger partial charge in [-0.2, -0.15) is 0 Å². The number of carbonyl (C=O) groups is 1. The molecule has 0 radical (unpaired) electrons. The van der Waals surface area contributed by atoms with E-state index in [1.165, 1.54) is 18.9 Å². The number of likely N-dealkylation sites (tertiary alicyclic amines) is 1. The van der Waals surface area contributed by atoms with Gasteiger partial charge in [-0.1, -0.05) is 0 Å². The number of hydrogen-bond donors (Lipinski definition) is 1. The van der Waals surface area contributed by atoms with Crippen LogP contribution in [0, 0.1) is 18.7 Å². The van der Waals surface area contributed by atoms with Gasteiger partial charge in [0.15, 0.2) is 0 Å². The third-order valence-corrected chi connectivity index (χ3v) is 4.58. The summed E-state index contributed by atoms with van der Waals surface area (Å²) < 4.78 is 13.3. The zero-order valence-corrected chi connectivity index (χ0v) is 13.8. The van der Waals surface area contributed by atoms with Crippen LogP contribution in [0.4, 0.5) is 4.39 Å². The monoisotopic (exact) mass is 326 g/mol. The number of hydrogen-bond acceptors (Lipinski definition) is 2. The first-order chi connectivity index (χ1) is 10.1. The first-order valence-electron chi connectivity index (χ1n) is 7.92. The Kier molecular flexibility index (Phi) is 5.81. The highest BCUT2D eigenvalue weighted by atomic mass is 35.5. The van der Waals surface area contributed by atoms with Crippen LogP contribution in [-0.4, -0.2) is 36.5 Å². The highest BCUT2D eigenvalue weighted by molar-refractivity contribution is 5.94. The molecule has 0 unspecified atom stereocenters. The third kappa shape index (κ3) is 4.20. The molecule has 1 aliphatic heterocycles. The maximum absolute atomic E-state index is 13.3. The smallest absolute Gasteiger partial charge is 0.253 e. The van der Waals surface area contributed by atoms with Gasteiger partial charge in [0.2, 0.25) is 0 Å². The SMILES string of the molecule is Cc1cc(C(=O)N2CCC(NCC3CC3)CC2)ccc1F.Cl. The Morgan fingerprint density at radius 1 is 1.27 bits per heavy atom. The predicted molar refractivity (Wildman–Crippen MR) is 88.0 cm³/mol. The lowest BCUT2D eigenvalue weighted by atomic mass is 10.0. The van der Waals surface area contributed by atoms with Crippen LogP contribution in [-0.2, 0) is 0 Å². The van der Waals surface area contributed by atoms with Gasteiger partial charge in [0.05, 0.1) is 0 Å². The molecule has 2 aliphatic rings. The molecule has 1 N–H and O–H groups in total. The van der Waals surface area contributed by atoms with E-state index in [1.54, 1.807) is 19.1 Å². The molecule has 5 heteroatoms. The Bertz CT molecular complexity index is 525. The van der Waals surface area contributed by atoms with E-state index >= 15 is 0 Å². The van der Waals surface area contributed by atoms with Gasteiger partial charge in [-0.05, 0) is 68.8 Å². The Morgan fingerprint density at radius 3 is 2.55 bits per heavy atom. The summed E-state index contributed by atoms with van der Waals surface area (Å²) in [7, 11) is 0. The highest BCUT2D eigenvalue weighted by Crippen LogP contribution is 2.28. The fourth-order valence-electron chi connectivity index (χ4n) is 2.90. The summed E-state index contributed by atoms with van der Waals surface area (Å²) in [6.07, 6.45) is 4.76. The summed E-state index contributed by atoms with van der Waals surface area (Å²) in [4.78, 5) is 14.3. The third-order valence-electron chi connectivity index (χ3n) is 4.58. The van der Waals surface area contributed by atoms with E-state index in [4.69, 9.17) is 0 Å². The molecule has 0 aromatic heterocycles. The zero-order valence-electron chi connectivity index (χ0n) is 13.0. The van der Waals surface area contributed by atoms with E-state index in [0.717, 1.165) is 38.4 Å². The molecule has 1 aromatic rings. The molecule has 1 heterocycles. The average Bonchev–Trinajstić information content (AvgIpc) is 3.32. The molecule has 0 bridgehead atoms. The summed E-state index contributed by atoms with van der Waals surface area (Å²) in [5.41, 5.74) is 1.13. The Hall–Kier alpha value is -1.13. The number of nitrogens with one attached hydrogen (secondary N) is 1. The molecule has 1 amide bonds. The van der Waals surface area contributed by atoms with Gasteiger partial charge in [0, 0.05) is 24.7 Å². The van der Waals surface area contributed by atoms with Gasteiger partial charge < -0.3 is 10.2 Å². The predicted octanol–water partition coefficient (Wildman–Crippen LogP) is 3.16. The minimum Gasteiger partial charge on any atom is -0.339 e. The molecule has 122 valence electrons. The first-order valence-corrected chi connectivity index (χ1v) is 7.92. The number of amides is 1. The summed E-state index contributed by atoms with van der Waals surface area (Å²) in [5, 5.41) is 3.61. The second-order valence-electron chi connectivity index (χ2n) is 6.38. The molecular weight excluding hydrogens is 303 g/mol. The molecule has 1 aromatic carbocycles. The Morgan fingerprint density at radius 2 is 1.95 bits per heavy atom. The fraction of sp³-hybridized carbons (Fsp3) is 0.588. The van der Waals surface area contributed by atoms with Gasteiger partial charge in [0.25, 0.3) is 5.91 Å². The topological polar surface area (TPSA) is 32.3 Å². The number of nitrogens with zero attached hydrogens (tertiary/aromatic N) is 1. The normalized spacial score (nSPS) is 18.9. The molecule has 2 fully saturated rings. The molecule has 1 saturated heterocycles. The number of halogens is 2. The first kappa shape index (κ1) is 17.2. The van der Waals surface area contributed by atoms with Crippen molar-refractivity contribution in [3.8, 4) is 0 Å². The van der Waals surface area contributed by atoms with Crippen molar-refractivity contribution >= 4 is 18.3 Å². The van der Waals surface area contributed by atoms with Gasteiger partial charge >= 0.3 is 0 Å². The van der Waals surface area contributed by atoms with Crippen molar-refractivity contribution in [3.05, 3.63) is 35.1 Å². The number of aryl methyl sites for hydroxylation is 1. The van der Waals surface area contributed by atoms with Gasteiger partial charge in [0.1, 0.15) is 5.82 Å². The number of carbonyl (C=O) groups excluding carboxylic acids is 1. The Balaban J connectivity index is 0.00000176.